The van der Waals surface area contributed by atoms with Gasteiger partial charge < -0.3 is 10.3 Å². The molecular weight excluding hydrogens is 251 g/mol. The molecule has 1 saturated carbocycles. The molecule has 3 nitrogen and oxygen atoms in total. The molecule has 2 rings (SSSR count). The van der Waals surface area contributed by atoms with Crippen molar-refractivity contribution < 1.29 is 8.94 Å². The highest BCUT2D eigenvalue weighted by Crippen LogP contribution is 2.42. The van der Waals surface area contributed by atoms with Gasteiger partial charge in [0, 0.05) is 24.2 Å². The Morgan fingerprint density at radius 1 is 1.56 bits per heavy atom. The quantitative estimate of drug-likeness (QED) is 0.650. The predicted molar refractivity (Wildman–Crippen MR) is 72.7 cm³/mol. The monoisotopic (exact) mass is 269 g/mol. The van der Waals surface area contributed by atoms with E-state index < -0.39 is 21.9 Å². The van der Waals surface area contributed by atoms with Crippen molar-refractivity contribution in [2.75, 3.05) is 5.73 Å². The van der Waals surface area contributed by atoms with E-state index >= 15 is 0 Å². The van der Waals surface area contributed by atoms with Gasteiger partial charge in [0.15, 0.2) is 0 Å². The van der Waals surface area contributed by atoms with E-state index in [-0.39, 0.29) is 17.6 Å². The molecule has 0 amide bonds. The van der Waals surface area contributed by atoms with Gasteiger partial charge in [0.1, 0.15) is 10.6 Å². The SMILES string of the molecule is [CH2]C(C)(C)[S+]([O-])NC1CC1c1ccc(F)c(N)c1. The molecule has 3 atom stereocenters. The summed E-state index contributed by atoms with van der Waals surface area (Å²) in [5.74, 6) is -0.134. The van der Waals surface area contributed by atoms with Crippen LogP contribution in [0.4, 0.5) is 10.1 Å². The average Bonchev–Trinajstić information content (AvgIpc) is 3.00. The maximum Gasteiger partial charge on any atom is 0.146 e. The Balaban J connectivity index is 1.97. The van der Waals surface area contributed by atoms with Gasteiger partial charge in [0.2, 0.25) is 0 Å². The second-order valence-electron chi connectivity index (χ2n) is 5.38. The van der Waals surface area contributed by atoms with Crippen LogP contribution in [-0.4, -0.2) is 15.3 Å². The highest BCUT2D eigenvalue weighted by molar-refractivity contribution is 7.91. The summed E-state index contributed by atoms with van der Waals surface area (Å²) in [6.07, 6.45) is 0.896. The summed E-state index contributed by atoms with van der Waals surface area (Å²) in [7, 11) is 0. The molecule has 0 aliphatic heterocycles. The first-order valence-corrected chi connectivity index (χ1v) is 7.02. The van der Waals surface area contributed by atoms with Crippen LogP contribution in [0.5, 0.6) is 0 Å². The third-order valence-electron chi connectivity index (χ3n) is 3.00. The highest BCUT2D eigenvalue weighted by atomic mass is 32.2. The molecule has 1 fully saturated rings. The second kappa shape index (κ2) is 4.72. The van der Waals surface area contributed by atoms with E-state index in [9.17, 15) is 8.94 Å². The van der Waals surface area contributed by atoms with Gasteiger partial charge in [0.05, 0.1) is 11.7 Å². The van der Waals surface area contributed by atoms with E-state index in [1.807, 2.05) is 13.8 Å². The largest absolute Gasteiger partial charge is 0.598 e. The summed E-state index contributed by atoms with van der Waals surface area (Å²) in [6.45, 7) is 7.49. The van der Waals surface area contributed by atoms with Gasteiger partial charge >= 0.3 is 0 Å². The minimum Gasteiger partial charge on any atom is -0.598 e. The standard InChI is InChI=1S/C13H18FN2OS/c1-13(2,3)18(17)16-12-7-9(12)8-4-5-10(14)11(15)6-8/h4-6,9,12,16H,1,7,15H2,2-3H3. The number of hydrogen-bond acceptors (Lipinski definition) is 3. The number of nitrogens with two attached hydrogens (primary N) is 1. The van der Waals surface area contributed by atoms with Crippen LogP contribution in [0.1, 0.15) is 31.7 Å². The first kappa shape index (κ1) is 13.6. The fourth-order valence-electron chi connectivity index (χ4n) is 1.78. The summed E-state index contributed by atoms with van der Waals surface area (Å²) in [4.78, 5) is 0. The fraction of sp³-hybridized carbons (Fsp3) is 0.462. The second-order valence-corrected chi connectivity index (χ2v) is 7.25. The smallest absolute Gasteiger partial charge is 0.146 e. The Kier molecular flexibility index (Phi) is 3.58. The lowest BCUT2D eigenvalue weighted by atomic mass is 10.1. The lowest BCUT2D eigenvalue weighted by Gasteiger charge is -2.23. The molecule has 1 aromatic rings. The summed E-state index contributed by atoms with van der Waals surface area (Å²) < 4.78 is 27.4. The van der Waals surface area contributed by atoms with Crippen molar-refractivity contribution in [3.63, 3.8) is 0 Å². The van der Waals surface area contributed by atoms with Gasteiger partial charge in [-0.3, -0.25) is 0 Å². The van der Waals surface area contributed by atoms with Crippen molar-refractivity contribution >= 4 is 17.0 Å². The topological polar surface area (TPSA) is 61.1 Å². The van der Waals surface area contributed by atoms with Gasteiger partial charge in [-0.2, -0.15) is 0 Å². The lowest BCUT2D eigenvalue weighted by Crippen LogP contribution is -2.41. The molecule has 0 bridgehead atoms. The average molecular weight is 269 g/mol. The fourth-order valence-corrected chi connectivity index (χ4v) is 2.64. The molecule has 3 N–H and O–H groups in total. The summed E-state index contributed by atoms with van der Waals surface area (Å²) in [6, 6.07) is 4.93. The van der Waals surface area contributed by atoms with Crippen LogP contribution in [0.15, 0.2) is 18.2 Å². The maximum atomic E-state index is 13.0. The van der Waals surface area contributed by atoms with Crippen molar-refractivity contribution in [1.82, 2.24) is 4.72 Å². The molecule has 0 spiro atoms. The molecule has 3 unspecified atom stereocenters. The molecule has 1 aliphatic carbocycles. The van der Waals surface area contributed by atoms with E-state index in [2.05, 4.69) is 11.6 Å². The van der Waals surface area contributed by atoms with Gasteiger partial charge in [-0.25, -0.2) is 4.39 Å². The first-order chi connectivity index (χ1) is 8.29. The van der Waals surface area contributed by atoms with Crippen LogP contribution in [0.25, 0.3) is 0 Å². The van der Waals surface area contributed by atoms with Crippen molar-refractivity contribution in [3.05, 3.63) is 36.5 Å². The normalized spacial score (nSPS) is 24.9. The molecule has 1 aromatic carbocycles. The number of benzene rings is 1. The van der Waals surface area contributed by atoms with Gasteiger partial charge in [-0.1, -0.05) is 6.07 Å². The van der Waals surface area contributed by atoms with Crippen molar-refractivity contribution in [2.45, 2.75) is 37.0 Å². The number of nitrogens with one attached hydrogen (secondary N) is 1. The minimum atomic E-state index is -1.18. The van der Waals surface area contributed by atoms with Crippen LogP contribution < -0.4 is 10.5 Å². The third-order valence-corrected chi connectivity index (χ3v) is 4.52. The summed E-state index contributed by atoms with van der Waals surface area (Å²) in [5, 5.41) is 0. The Labute approximate surface area is 110 Å². The molecule has 5 heteroatoms. The highest BCUT2D eigenvalue weighted by Gasteiger charge is 2.43. The molecule has 1 radical (unpaired) electrons. The lowest BCUT2D eigenvalue weighted by molar-refractivity contribution is 0.553. The molecule has 99 valence electrons. The number of anilines is 1. The minimum absolute atomic E-state index is 0.164. The molecule has 1 aliphatic rings. The molecular formula is C13H18FN2OS. The summed E-state index contributed by atoms with van der Waals surface area (Å²) >= 11 is -1.18. The number of halogens is 1. The number of rotatable bonds is 4. The Bertz CT molecular complexity index is 447. The van der Waals surface area contributed by atoms with Crippen molar-refractivity contribution in [2.24, 2.45) is 0 Å². The van der Waals surface area contributed by atoms with Crippen LogP contribution in [-0.2, 0) is 11.4 Å². The van der Waals surface area contributed by atoms with Gasteiger partial charge in [-0.15, -0.1) is 4.72 Å². The molecule has 0 aromatic heterocycles. The van der Waals surface area contributed by atoms with Crippen LogP contribution in [0.2, 0.25) is 0 Å². The Hall–Kier alpha value is -0.780. The third kappa shape index (κ3) is 2.96. The summed E-state index contributed by atoms with van der Waals surface area (Å²) in [5.41, 5.74) is 6.69. The molecule has 0 saturated heterocycles. The van der Waals surface area contributed by atoms with Crippen LogP contribution in [0, 0.1) is 12.7 Å². The van der Waals surface area contributed by atoms with E-state index in [0.717, 1.165) is 12.0 Å². The Morgan fingerprint density at radius 2 is 2.22 bits per heavy atom. The van der Waals surface area contributed by atoms with Crippen molar-refractivity contribution in [1.29, 1.82) is 0 Å². The van der Waals surface area contributed by atoms with Crippen LogP contribution >= 0.6 is 0 Å². The Morgan fingerprint density at radius 3 is 2.78 bits per heavy atom. The maximum absolute atomic E-state index is 13.0. The molecule has 0 heterocycles. The van der Waals surface area contributed by atoms with E-state index in [4.69, 9.17) is 5.73 Å². The zero-order valence-electron chi connectivity index (χ0n) is 10.6. The number of nitrogen functional groups attached to an aromatic ring is 1. The van der Waals surface area contributed by atoms with Gasteiger partial charge in [-0.05, 0) is 38.0 Å². The van der Waals surface area contributed by atoms with E-state index in [1.165, 1.54) is 6.07 Å². The number of hydrogen-bond donors (Lipinski definition) is 2. The zero-order valence-corrected chi connectivity index (χ0v) is 11.4. The van der Waals surface area contributed by atoms with Crippen molar-refractivity contribution in [3.8, 4) is 0 Å². The first-order valence-electron chi connectivity index (χ1n) is 5.87. The predicted octanol–water partition coefficient (Wildman–Crippen LogP) is 2.13. The van der Waals surface area contributed by atoms with Crippen LogP contribution in [0.3, 0.4) is 0 Å². The van der Waals surface area contributed by atoms with E-state index in [0.29, 0.717) is 0 Å². The van der Waals surface area contributed by atoms with Gasteiger partial charge in [0.25, 0.3) is 0 Å². The van der Waals surface area contributed by atoms with E-state index in [1.54, 1.807) is 12.1 Å². The molecule has 18 heavy (non-hydrogen) atoms. The zero-order chi connectivity index (χ0) is 13.5.